The SMILES string of the molecule is Cc1cccc2nc(CNC(=O)c3cccnc3Oc3cccc(Br)c3)cn12. The molecule has 1 N–H and O–H groups in total. The zero-order chi connectivity index (χ0) is 19.5. The molecule has 4 rings (SSSR count). The van der Waals surface area contributed by atoms with E-state index in [2.05, 4.69) is 31.2 Å². The van der Waals surface area contributed by atoms with Crippen LogP contribution in [0.15, 0.2) is 71.5 Å². The average Bonchev–Trinajstić information content (AvgIpc) is 3.11. The molecule has 0 saturated heterocycles. The van der Waals surface area contributed by atoms with Crippen LogP contribution in [0.3, 0.4) is 0 Å². The molecule has 0 fully saturated rings. The van der Waals surface area contributed by atoms with Crippen molar-refractivity contribution in [2.24, 2.45) is 0 Å². The molecule has 0 aliphatic rings. The topological polar surface area (TPSA) is 68.5 Å². The summed E-state index contributed by atoms with van der Waals surface area (Å²) in [5.41, 5.74) is 3.08. The van der Waals surface area contributed by atoms with Gasteiger partial charge in [0.1, 0.15) is 17.0 Å². The largest absolute Gasteiger partial charge is 0.438 e. The van der Waals surface area contributed by atoms with Crippen LogP contribution in [-0.4, -0.2) is 20.3 Å². The fourth-order valence-corrected chi connectivity index (χ4v) is 3.22. The number of aryl methyl sites for hydroxylation is 1. The van der Waals surface area contributed by atoms with Gasteiger partial charge in [0, 0.05) is 22.6 Å². The third-order valence-corrected chi connectivity index (χ3v) is 4.70. The van der Waals surface area contributed by atoms with Crippen LogP contribution in [0.1, 0.15) is 21.7 Å². The first-order valence-electron chi connectivity index (χ1n) is 8.70. The van der Waals surface area contributed by atoms with Crippen molar-refractivity contribution in [2.75, 3.05) is 0 Å². The average molecular weight is 437 g/mol. The first-order chi connectivity index (χ1) is 13.6. The molecule has 0 unspecified atom stereocenters. The summed E-state index contributed by atoms with van der Waals surface area (Å²) in [7, 11) is 0. The lowest BCUT2D eigenvalue weighted by molar-refractivity contribution is 0.0947. The second kappa shape index (κ2) is 7.82. The van der Waals surface area contributed by atoms with Crippen LogP contribution in [0, 0.1) is 6.92 Å². The van der Waals surface area contributed by atoms with Crippen molar-refractivity contribution >= 4 is 27.5 Å². The number of halogens is 1. The molecule has 28 heavy (non-hydrogen) atoms. The molecule has 0 aliphatic heterocycles. The maximum Gasteiger partial charge on any atom is 0.257 e. The van der Waals surface area contributed by atoms with E-state index >= 15 is 0 Å². The van der Waals surface area contributed by atoms with Crippen molar-refractivity contribution in [1.82, 2.24) is 19.7 Å². The molecule has 0 aliphatic carbocycles. The molecule has 0 radical (unpaired) electrons. The normalized spacial score (nSPS) is 10.8. The van der Waals surface area contributed by atoms with E-state index in [4.69, 9.17) is 4.74 Å². The van der Waals surface area contributed by atoms with Gasteiger partial charge in [-0.2, -0.15) is 0 Å². The minimum absolute atomic E-state index is 0.254. The van der Waals surface area contributed by atoms with E-state index in [0.29, 0.717) is 17.9 Å². The van der Waals surface area contributed by atoms with Crippen LogP contribution in [0.4, 0.5) is 0 Å². The van der Waals surface area contributed by atoms with E-state index in [-0.39, 0.29) is 11.8 Å². The lowest BCUT2D eigenvalue weighted by Crippen LogP contribution is -2.23. The maximum absolute atomic E-state index is 12.7. The summed E-state index contributed by atoms with van der Waals surface area (Å²) in [6, 6.07) is 16.7. The van der Waals surface area contributed by atoms with E-state index in [9.17, 15) is 4.79 Å². The molecule has 7 heteroatoms. The van der Waals surface area contributed by atoms with Gasteiger partial charge in [-0.3, -0.25) is 4.79 Å². The number of imidazole rings is 1. The summed E-state index contributed by atoms with van der Waals surface area (Å²) < 4.78 is 8.68. The van der Waals surface area contributed by atoms with Gasteiger partial charge in [-0.1, -0.05) is 28.1 Å². The monoisotopic (exact) mass is 436 g/mol. The van der Waals surface area contributed by atoms with E-state index in [1.165, 1.54) is 0 Å². The predicted molar refractivity (Wildman–Crippen MR) is 110 cm³/mol. The van der Waals surface area contributed by atoms with Gasteiger partial charge < -0.3 is 14.5 Å². The van der Waals surface area contributed by atoms with Crippen LogP contribution in [0.25, 0.3) is 5.65 Å². The van der Waals surface area contributed by atoms with Crippen LogP contribution in [0.2, 0.25) is 0 Å². The molecule has 4 aromatic rings. The Morgan fingerprint density at radius 1 is 1.18 bits per heavy atom. The second-order valence-electron chi connectivity index (χ2n) is 6.23. The number of pyridine rings is 2. The fourth-order valence-electron chi connectivity index (χ4n) is 2.84. The van der Waals surface area contributed by atoms with E-state index in [1.54, 1.807) is 24.4 Å². The van der Waals surface area contributed by atoms with Gasteiger partial charge in [0.25, 0.3) is 5.91 Å². The number of aromatic nitrogens is 3. The molecule has 1 amide bonds. The Morgan fingerprint density at radius 3 is 2.86 bits per heavy atom. The van der Waals surface area contributed by atoms with Crippen LogP contribution < -0.4 is 10.1 Å². The molecule has 0 spiro atoms. The molecule has 140 valence electrons. The summed E-state index contributed by atoms with van der Waals surface area (Å²) in [5, 5.41) is 2.89. The van der Waals surface area contributed by atoms with Crippen molar-refractivity contribution in [2.45, 2.75) is 13.5 Å². The number of ether oxygens (including phenoxy) is 1. The Bertz CT molecular complexity index is 1160. The Labute approximate surface area is 170 Å². The number of carbonyl (C=O) groups excluding carboxylic acids is 1. The van der Waals surface area contributed by atoms with Gasteiger partial charge in [-0.25, -0.2) is 9.97 Å². The zero-order valence-electron chi connectivity index (χ0n) is 15.1. The Kier molecular flexibility index (Phi) is 5.08. The number of amides is 1. The summed E-state index contributed by atoms with van der Waals surface area (Å²) in [4.78, 5) is 21.4. The standard InChI is InChI=1S/C21H17BrN4O2/c1-14-5-2-9-19-25-16(13-26(14)19)12-24-20(27)18-8-4-10-23-21(18)28-17-7-3-6-15(22)11-17/h2-11,13H,12H2,1H3,(H,24,27). The highest BCUT2D eigenvalue weighted by molar-refractivity contribution is 9.10. The Hall–Kier alpha value is -3.19. The van der Waals surface area contributed by atoms with Crippen LogP contribution in [0.5, 0.6) is 11.6 Å². The molecule has 3 heterocycles. The molecule has 1 aromatic carbocycles. The first-order valence-corrected chi connectivity index (χ1v) is 9.50. The molecule has 6 nitrogen and oxygen atoms in total. The van der Waals surface area contributed by atoms with Crippen LogP contribution in [-0.2, 0) is 6.54 Å². The summed E-state index contributed by atoms with van der Waals surface area (Å²) in [6.07, 6.45) is 3.52. The highest BCUT2D eigenvalue weighted by Crippen LogP contribution is 2.25. The second-order valence-corrected chi connectivity index (χ2v) is 7.14. The van der Waals surface area contributed by atoms with Gasteiger partial charge in [0.15, 0.2) is 0 Å². The van der Waals surface area contributed by atoms with Gasteiger partial charge in [-0.15, -0.1) is 0 Å². The van der Waals surface area contributed by atoms with Crippen molar-refractivity contribution in [3.63, 3.8) is 0 Å². The summed E-state index contributed by atoms with van der Waals surface area (Å²) in [5.74, 6) is 0.578. The van der Waals surface area contributed by atoms with Gasteiger partial charge >= 0.3 is 0 Å². The molecule has 0 atom stereocenters. The van der Waals surface area contributed by atoms with Crippen molar-refractivity contribution in [3.8, 4) is 11.6 Å². The minimum atomic E-state index is -0.271. The number of carbonyl (C=O) groups is 1. The minimum Gasteiger partial charge on any atom is -0.438 e. The molecule has 0 saturated carbocycles. The van der Waals surface area contributed by atoms with E-state index in [1.807, 2.05) is 53.9 Å². The maximum atomic E-state index is 12.7. The number of hydrogen-bond acceptors (Lipinski definition) is 4. The Morgan fingerprint density at radius 2 is 2.04 bits per heavy atom. The number of rotatable bonds is 5. The Balaban J connectivity index is 1.51. The summed E-state index contributed by atoms with van der Waals surface area (Å²) >= 11 is 3.40. The third kappa shape index (κ3) is 3.89. The van der Waals surface area contributed by atoms with Gasteiger partial charge in [-0.05, 0) is 49.4 Å². The summed E-state index contributed by atoms with van der Waals surface area (Å²) in [6.45, 7) is 2.32. The predicted octanol–water partition coefficient (Wildman–Crippen LogP) is 4.52. The van der Waals surface area contributed by atoms with Gasteiger partial charge in [0.2, 0.25) is 5.88 Å². The van der Waals surface area contributed by atoms with E-state index in [0.717, 1.165) is 21.5 Å². The number of benzene rings is 1. The number of hydrogen-bond donors (Lipinski definition) is 1. The fraction of sp³-hybridized carbons (Fsp3) is 0.0952. The lowest BCUT2D eigenvalue weighted by atomic mass is 10.2. The van der Waals surface area contributed by atoms with Crippen LogP contribution >= 0.6 is 15.9 Å². The number of fused-ring (bicyclic) bond motifs is 1. The van der Waals surface area contributed by atoms with Crippen molar-refractivity contribution in [1.29, 1.82) is 0 Å². The molecular formula is C21H17BrN4O2. The number of nitrogens with zero attached hydrogens (tertiary/aromatic N) is 3. The number of nitrogens with one attached hydrogen (secondary N) is 1. The first kappa shape index (κ1) is 18.2. The van der Waals surface area contributed by atoms with Gasteiger partial charge in [0.05, 0.1) is 12.2 Å². The molecule has 3 aromatic heterocycles. The molecule has 0 bridgehead atoms. The lowest BCUT2D eigenvalue weighted by Gasteiger charge is -2.10. The van der Waals surface area contributed by atoms with Crippen molar-refractivity contribution < 1.29 is 9.53 Å². The van der Waals surface area contributed by atoms with Crippen molar-refractivity contribution in [3.05, 3.63) is 88.4 Å². The smallest absolute Gasteiger partial charge is 0.257 e. The van der Waals surface area contributed by atoms with E-state index < -0.39 is 0 Å². The highest BCUT2D eigenvalue weighted by atomic mass is 79.9. The highest BCUT2D eigenvalue weighted by Gasteiger charge is 2.15. The molecular weight excluding hydrogens is 420 g/mol. The zero-order valence-corrected chi connectivity index (χ0v) is 16.7. The quantitative estimate of drug-likeness (QED) is 0.499. The third-order valence-electron chi connectivity index (χ3n) is 4.20.